The Balaban J connectivity index is 1.50. The van der Waals surface area contributed by atoms with Crippen molar-refractivity contribution in [1.82, 2.24) is 24.6 Å². The molecule has 0 saturated heterocycles. The molecule has 3 aromatic heterocycles. The maximum atomic E-state index is 15.2. The number of aryl methyl sites for hydroxylation is 1. The predicted octanol–water partition coefficient (Wildman–Crippen LogP) is 6.23. The topological polar surface area (TPSA) is 132 Å². The van der Waals surface area contributed by atoms with Gasteiger partial charge in [0.05, 0.1) is 15.5 Å². The molecule has 0 bridgehead atoms. The van der Waals surface area contributed by atoms with E-state index in [9.17, 15) is 18.0 Å². The van der Waals surface area contributed by atoms with Gasteiger partial charge in [-0.3, -0.25) is 9.78 Å². The number of carbonyl (C=O) groups excluding carboxylic acids is 2. The maximum absolute atomic E-state index is 15.2. The van der Waals surface area contributed by atoms with Crippen LogP contribution in [0.5, 0.6) is 0 Å². The van der Waals surface area contributed by atoms with Crippen molar-refractivity contribution >= 4 is 55.6 Å². The number of hydrogen-bond acceptors (Lipinski definition) is 7. The number of alkyl carbamates (subject to hydrolysis) is 1. The molecule has 13 heteroatoms. The van der Waals surface area contributed by atoms with Crippen LogP contribution < -0.4 is 10.6 Å². The van der Waals surface area contributed by atoms with Crippen molar-refractivity contribution < 1.29 is 27.1 Å². The molecule has 0 unspecified atom stereocenters. The Bertz CT molecular complexity index is 2040. The normalized spacial score (nSPS) is 12.0. The van der Waals surface area contributed by atoms with E-state index in [1.165, 1.54) is 48.9 Å². The monoisotopic (exact) mass is 651 g/mol. The van der Waals surface area contributed by atoms with Gasteiger partial charge < -0.3 is 15.4 Å². The average molecular weight is 652 g/mol. The molecule has 0 aliphatic carbocycles. The molecule has 5 rings (SSSR count). The lowest BCUT2D eigenvalue weighted by Gasteiger charge is -2.19. The number of hydrogen-bond donors (Lipinski definition) is 2. The molecule has 45 heavy (non-hydrogen) atoms. The van der Waals surface area contributed by atoms with Crippen molar-refractivity contribution in [2.45, 2.75) is 44.6 Å². The Labute approximate surface area is 264 Å². The molecule has 0 atom stereocenters. The van der Waals surface area contributed by atoms with Gasteiger partial charge in [0.2, 0.25) is 0 Å². The molecule has 0 aliphatic rings. The Morgan fingerprint density at radius 1 is 1.00 bits per heavy atom. The fourth-order valence-electron chi connectivity index (χ4n) is 4.67. The molecule has 2 N–H and O–H groups in total. The number of benzene rings is 2. The molecule has 2 aromatic carbocycles. The summed E-state index contributed by atoms with van der Waals surface area (Å²) >= 11 is 6.36. The third kappa shape index (κ3) is 6.91. The Hall–Kier alpha value is -4.55. The van der Waals surface area contributed by atoms with Crippen LogP contribution in [0.15, 0.2) is 72.0 Å². The van der Waals surface area contributed by atoms with Crippen LogP contribution in [0.25, 0.3) is 33.1 Å². The zero-order valence-corrected chi connectivity index (χ0v) is 26.6. The minimum Gasteiger partial charge on any atom is -0.444 e. The first kappa shape index (κ1) is 31.9. The largest absolute Gasteiger partial charge is 0.444 e. The van der Waals surface area contributed by atoms with E-state index >= 15 is 4.39 Å². The summed E-state index contributed by atoms with van der Waals surface area (Å²) in [4.78, 5) is 33.4. The summed E-state index contributed by atoms with van der Waals surface area (Å²) in [5, 5.41) is 6.33. The van der Waals surface area contributed by atoms with Crippen LogP contribution in [0.3, 0.4) is 0 Å². The van der Waals surface area contributed by atoms with Crippen molar-refractivity contribution in [2.75, 3.05) is 13.1 Å². The van der Waals surface area contributed by atoms with Gasteiger partial charge in [-0.2, -0.15) is 0 Å². The number of ether oxygens (including phenoxy) is 1. The average Bonchev–Trinajstić information content (AvgIpc) is 3.36. The van der Waals surface area contributed by atoms with Crippen LogP contribution in [0, 0.1) is 12.7 Å². The lowest BCUT2D eigenvalue weighted by Crippen LogP contribution is -2.34. The minimum absolute atomic E-state index is 0.0390. The lowest BCUT2D eigenvalue weighted by molar-refractivity contribution is 0.0527. The van der Waals surface area contributed by atoms with Crippen molar-refractivity contribution in [3.63, 3.8) is 0 Å². The molecular formula is C32H31ClFN5O5S. The summed E-state index contributed by atoms with van der Waals surface area (Å²) in [6.07, 6.45) is 3.92. The number of nitrogens with zero attached hydrogens (tertiary/aromatic N) is 3. The van der Waals surface area contributed by atoms with Gasteiger partial charge in [0.1, 0.15) is 16.9 Å². The highest BCUT2D eigenvalue weighted by atomic mass is 35.5. The lowest BCUT2D eigenvalue weighted by atomic mass is 10.0. The Kier molecular flexibility index (Phi) is 8.81. The second-order valence-corrected chi connectivity index (χ2v) is 13.7. The van der Waals surface area contributed by atoms with Gasteiger partial charge in [-0.05, 0) is 76.1 Å². The van der Waals surface area contributed by atoms with Crippen molar-refractivity contribution in [3.05, 3.63) is 89.1 Å². The minimum atomic E-state index is -4.13. The molecule has 0 spiro atoms. The van der Waals surface area contributed by atoms with Gasteiger partial charge in [0, 0.05) is 48.0 Å². The summed E-state index contributed by atoms with van der Waals surface area (Å²) < 4.78 is 49.0. The molecule has 0 aliphatic heterocycles. The van der Waals surface area contributed by atoms with Crippen LogP contribution in [0.4, 0.5) is 9.18 Å². The SMILES string of the molecule is Cc1ccc(S(=O)(=O)n2cc(-c3cc(F)c4nccc(Cl)c4c3)c3cc(C(=O)NCCCNC(=O)OC(C)(C)C)cnc32)cc1. The highest BCUT2D eigenvalue weighted by Gasteiger charge is 2.25. The van der Waals surface area contributed by atoms with Crippen molar-refractivity contribution in [3.8, 4) is 11.1 Å². The molecular weight excluding hydrogens is 621 g/mol. The van der Waals surface area contributed by atoms with Crippen LogP contribution >= 0.6 is 11.6 Å². The van der Waals surface area contributed by atoms with E-state index in [2.05, 4.69) is 20.6 Å². The first-order valence-corrected chi connectivity index (χ1v) is 15.9. The fraction of sp³-hybridized carbons (Fsp3) is 0.250. The fourth-order valence-corrected chi connectivity index (χ4v) is 6.20. The summed E-state index contributed by atoms with van der Waals surface area (Å²) in [5.74, 6) is -1.10. The summed E-state index contributed by atoms with van der Waals surface area (Å²) in [6, 6.07) is 12.3. The Morgan fingerprint density at radius 2 is 1.71 bits per heavy atom. The highest BCUT2D eigenvalue weighted by Crippen LogP contribution is 2.36. The second-order valence-electron chi connectivity index (χ2n) is 11.4. The number of carbonyl (C=O) groups is 2. The van der Waals surface area contributed by atoms with E-state index in [1.54, 1.807) is 39.0 Å². The third-order valence-corrected chi connectivity index (χ3v) is 8.81. The first-order chi connectivity index (χ1) is 21.2. The van der Waals surface area contributed by atoms with Crippen molar-refractivity contribution in [2.24, 2.45) is 0 Å². The van der Waals surface area contributed by atoms with Gasteiger partial charge in [0.15, 0.2) is 5.65 Å². The van der Waals surface area contributed by atoms with E-state index in [1.807, 2.05) is 6.92 Å². The molecule has 0 fully saturated rings. The number of aromatic nitrogens is 3. The summed E-state index contributed by atoms with van der Waals surface area (Å²) in [7, 11) is -4.13. The van der Waals surface area contributed by atoms with E-state index < -0.39 is 33.4 Å². The number of nitrogens with one attached hydrogen (secondary N) is 2. The molecule has 3 heterocycles. The van der Waals surface area contributed by atoms with Crippen LogP contribution in [0.1, 0.15) is 43.1 Å². The zero-order valence-electron chi connectivity index (χ0n) is 25.0. The molecule has 2 amide bonds. The summed E-state index contributed by atoms with van der Waals surface area (Å²) in [6.45, 7) is 7.65. The number of fused-ring (bicyclic) bond motifs is 2. The van der Waals surface area contributed by atoms with Gasteiger partial charge in [-0.25, -0.2) is 26.6 Å². The number of rotatable bonds is 8. The van der Waals surface area contributed by atoms with Crippen LogP contribution in [-0.2, 0) is 14.8 Å². The maximum Gasteiger partial charge on any atom is 0.407 e. The first-order valence-electron chi connectivity index (χ1n) is 14.1. The van der Waals surface area contributed by atoms with Crippen molar-refractivity contribution in [1.29, 1.82) is 0 Å². The third-order valence-electron chi connectivity index (χ3n) is 6.82. The van der Waals surface area contributed by atoms with Gasteiger partial charge >= 0.3 is 6.09 Å². The second kappa shape index (κ2) is 12.4. The molecule has 0 radical (unpaired) electrons. The zero-order chi connectivity index (χ0) is 32.5. The van der Waals surface area contributed by atoms with E-state index in [0.717, 1.165) is 9.54 Å². The Morgan fingerprint density at radius 3 is 2.42 bits per heavy atom. The summed E-state index contributed by atoms with van der Waals surface area (Å²) in [5.41, 5.74) is 1.20. The smallest absolute Gasteiger partial charge is 0.407 e. The van der Waals surface area contributed by atoms with Crippen LogP contribution in [0.2, 0.25) is 5.02 Å². The van der Waals surface area contributed by atoms with E-state index in [-0.39, 0.29) is 39.7 Å². The standard InChI is InChI=1S/C32H31ClFN5O5S/c1-19-6-8-22(9-7-19)45(42,43)39-18-25(20-14-24-26(33)10-13-35-28(24)27(34)16-20)23-15-21(17-38-29(23)39)30(40)36-11-5-12-37-31(41)44-32(2,3)4/h6-10,13-18H,5,11-12H2,1-4H3,(H,36,40)(H,37,41). The molecule has 5 aromatic rings. The van der Waals surface area contributed by atoms with E-state index in [0.29, 0.717) is 28.3 Å². The quantitative estimate of drug-likeness (QED) is 0.190. The number of amides is 2. The van der Waals surface area contributed by atoms with Gasteiger partial charge in [0.25, 0.3) is 15.9 Å². The molecule has 234 valence electrons. The number of halogens is 2. The van der Waals surface area contributed by atoms with Gasteiger partial charge in [-0.15, -0.1) is 0 Å². The predicted molar refractivity (Wildman–Crippen MR) is 170 cm³/mol. The van der Waals surface area contributed by atoms with Gasteiger partial charge in [-0.1, -0.05) is 29.3 Å². The molecule has 10 nitrogen and oxygen atoms in total. The number of pyridine rings is 2. The highest BCUT2D eigenvalue weighted by molar-refractivity contribution is 7.90. The van der Waals surface area contributed by atoms with Crippen LogP contribution in [-0.4, -0.2) is 53.0 Å². The van der Waals surface area contributed by atoms with E-state index in [4.69, 9.17) is 16.3 Å². The molecule has 0 saturated carbocycles.